The fourth-order valence-corrected chi connectivity index (χ4v) is 2.76. The van der Waals surface area contributed by atoms with E-state index in [9.17, 15) is 9.59 Å². The van der Waals surface area contributed by atoms with Gasteiger partial charge in [-0.1, -0.05) is 0 Å². The van der Waals surface area contributed by atoms with Crippen LogP contribution in [0.15, 0.2) is 0 Å². The van der Waals surface area contributed by atoms with E-state index in [4.69, 9.17) is 4.74 Å². The van der Waals surface area contributed by atoms with Crippen molar-refractivity contribution in [2.45, 2.75) is 38.4 Å². The van der Waals surface area contributed by atoms with Crippen LogP contribution in [0, 0.1) is 5.41 Å². The Kier molecular flexibility index (Phi) is 5.31. The smallest absolute Gasteiger partial charge is 0.318 e. The Hall–Kier alpha value is -0.710. The van der Waals surface area contributed by atoms with E-state index in [0.717, 1.165) is 18.6 Å². The molecule has 1 saturated carbocycles. The molecule has 0 heterocycles. The van der Waals surface area contributed by atoms with E-state index in [-0.39, 0.29) is 22.6 Å². The number of thioether (sulfide) groups is 1. The molecule has 1 aliphatic carbocycles. The monoisotopic (exact) mass is 260 g/mol. The number of rotatable bonds is 7. The summed E-state index contributed by atoms with van der Waals surface area (Å²) in [6.45, 7) is 4.06. The Labute approximate surface area is 106 Å². The van der Waals surface area contributed by atoms with Gasteiger partial charge in [-0.15, -0.1) is 11.8 Å². The van der Waals surface area contributed by atoms with Crippen LogP contribution in [0.4, 0.5) is 0 Å². The normalized spacial score (nSPS) is 18.3. The van der Waals surface area contributed by atoms with Gasteiger partial charge >= 0.3 is 11.9 Å². The standard InChI is InChI=1S/C12H20O4S/c1-4-16-11(14)9(2)17-8-12(5-6-12)7-10(13)15-3/h9H,4-8H2,1-3H3. The summed E-state index contributed by atoms with van der Waals surface area (Å²) < 4.78 is 9.62. The molecule has 5 heteroatoms. The van der Waals surface area contributed by atoms with Crippen LogP contribution < -0.4 is 0 Å². The van der Waals surface area contributed by atoms with E-state index in [1.165, 1.54) is 7.11 Å². The summed E-state index contributed by atoms with van der Waals surface area (Å²) in [6, 6.07) is 0. The zero-order valence-corrected chi connectivity index (χ0v) is 11.5. The van der Waals surface area contributed by atoms with Gasteiger partial charge in [-0.05, 0) is 32.1 Å². The first-order valence-electron chi connectivity index (χ1n) is 5.88. The molecule has 0 saturated heterocycles. The molecule has 4 nitrogen and oxygen atoms in total. The largest absolute Gasteiger partial charge is 0.469 e. The maximum absolute atomic E-state index is 11.4. The van der Waals surface area contributed by atoms with E-state index in [1.54, 1.807) is 18.7 Å². The third kappa shape index (κ3) is 4.58. The molecule has 98 valence electrons. The zero-order valence-electron chi connectivity index (χ0n) is 10.7. The third-order valence-corrected chi connectivity index (χ3v) is 4.43. The molecule has 1 unspecified atom stereocenters. The highest BCUT2D eigenvalue weighted by Gasteiger charge is 2.45. The van der Waals surface area contributed by atoms with Crippen molar-refractivity contribution in [1.82, 2.24) is 0 Å². The lowest BCUT2D eigenvalue weighted by atomic mass is 10.1. The molecule has 1 aliphatic rings. The van der Waals surface area contributed by atoms with Crippen LogP contribution in [0.5, 0.6) is 0 Å². The molecule has 0 spiro atoms. The van der Waals surface area contributed by atoms with Crippen molar-refractivity contribution in [2.75, 3.05) is 19.5 Å². The van der Waals surface area contributed by atoms with Gasteiger partial charge in [0, 0.05) is 5.75 Å². The van der Waals surface area contributed by atoms with E-state index in [2.05, 4.69) is 4.74 Å². The van der Waals surface area contributed by atoms with Gasteiger partial charge in [0.05, 0.1) is 25.4 Å². The van der Waals surface area contributed by atoms with Gasteiger partial charge in [0.25, 0.3) is 0 Å². The average Bonchev–Trinajstić information content (AvgIpc) is 3.06. The van der Waals surface area contributed by atoms with E-state index in [0.29, 0.717) is 13.0 Å². The lowest BCUT2D eigenvalue weighted by Gasteiger charge is -2.16. The molecule has 0 bridgehead atoms. The second-order valence-electron chi connectivity index (χ2n) is 4.46. The number of hydrogen-bond donors (Lipinski definition) is 0. The van der Waals surface area contributed by atoms with Gasteiger partial charge < -0.3 is 9.47 Å². The number of hydrogen-bond acceptors (Lipinski definition) is 5. The molecule has 0 amide bonds. The van der Waals surface area contributed by atoms with E-state index < -0.39 is 0 Å². The van der Waals surface area contributed by atoms with E-state index >= 15 is 0 Å². The summed E-state index contributed by atoms with van der Waals surface area (Å²) >= 11 is 1.56. The van der Waals surface area contributed by atoms with Crippen molar-refractivity contribution < 1.29 is 19.1 Å². The van der Waals surface area contributed by atoms with Crippen molar-refractivity contribution in [2.24, 2.45) is 5.41 Å². The van der Waals surface area contributed by atoms with Crippen molar-refractivity contribution in [3.63, 3.8) is 0 Å². The highest BCUT2D eigenvalue weighted by molar-refractivity contribution is 8.00. The first-order chi connectivity index (χ1) is 8.03. The van der Waals surface area contributed by atoms with E-state index in [1.807, 2.05) is 6.92 Å². The molecule has 0 aromatic heterocycles. The Balaban J connectivity index is 2.30. The highest BCUT2D eigenvalue weighted by atomic mass is 32.2. The summed E-state index contributed by atoms with van der Waals surface area (Å²) in [5.41, 5.74) is 0.0680. The maximum Gasteiger partial charge on any atom is 0.318 e. The van der Waals surface area contributed by atoms with Crippen LogP contribution in [0.1, 0.15) is 33.1 Å². The minimum atomic E-state index is -0.175. The molecular weight excluding hydrogens is 240 g/mol. The molecule has 0 radical (unpaired) electrons. The molecule has 0 aliphatic heterocycles. The second-order valence-corrected chi connectivity index (χ2v) is 5.79. The molecule has 0 aromatic rings. The fraction of sp³-hybridized carbons (Fsp3) is 0.833. The Morgan fingerprint density at radius 3 is 2.53 bits per heavy atom. The van der Waals surface area contributed by atoms with Gasteiger partial charge in [0.1, 0.15) is 0 Å². The number of carbonyl (C=O) groups is 2. The highest BCUT2D eigenvalue weighted by Crippen LogP contribution is 2.51. The van der Waals surface area contributed by atoms with Crippen molar-refractivity contribution >= 4 is 23.7 Å². The van der Waals surface area contributed by atoms with Gasteiger partial charge in [-0.25, -0.2) is 0 Å². The minimum absolute atomic E-state index is 0.0680. The SMILES string of the molecule is CCOC(=O)C(C)SCC1(CC(=O)OC)CC1. The molecule has 17 heavy (non-hydrogen) atoms. The summed E-state index contributed by atoms with van der Waals surface area (Å²) in [5.74, 6) is 0.487. The summed E-state index contributed by atoms with van der Waals surface area (Å²) in [5, 5.41) is -0.162. The van der Waals surface area contributed by atoms with Crippen LogP contribution in [0.2, 0.25) is 0 Å². The fourth-order valence-electron chi connectivity index (χ4n) is 1.56. The second kappa shape index (κ2) is 6.28. The molecule has 1 rings (SSSR count). The summed E-state index contributed by atoms with van der Waals surface area (Å²) in [6.07, 6.45) is 2.56. The van der Waals surface area contributed by atoms with Crippen LogP contribution >= 0.6 is 11.8 Å². The maximum atomic E-state index is 11.4. The van der Waals surface area contributed by atoms with Crippen LogP contribution in [-0.4, -0.2) is 36.7 Å². The molecule has 1 atom stereocenters. The lowest BCUT2D eigenvalue weighted by molar-refractivity contribution is -0.142. The lowest BCUT2D eigenvalue weighted by Crippen LogP contribution is -2.20. The molecule has 0 N–H and O–H groups in total. The van der Waals surface area contributed by atoms with Gasteiger partial charge in [0.2, 0.25) is 0 Å². The molecular formula is C12H20O4S. The van der Waals surface area contributed by atoms with Gasteiger partial charge in [0.15, 0.2) is 0 Å². The van der Waals surface area contributed by atoms with Crippen LogP contribution in [0.3, 0.4) is 0 Å². The first-order valence-corrected chi connectivity index (χ1v) is 6.93. The number of ether oxygens (including phenoxy) is 2. The number of carbonyl (C=O) groups excluding carboxylic acids is 2. The average molecular weight is 260 g/mol. The zero-order chi connectivity index (χ0) is 12.9. The number of methoxy groups -OCH3 is 1. The van der Waals surface area contributed by atoms with Crippen molar-refractivity contribution in [3.05, 3.63) is 0 Å². The topological polar surface area (TPSA) is 52.6 Å². The Morgan fingerprint density at radius 2 is 2.06 bits per heavy atom. The first kappa shape index (κ1) is 14.4. The van der Waals surface area contributed by atoms with Gasteiger partial charge in [-0.3, -0.25) is 9.59 Å². The summed E-state index contributed by atoms with van der Waals surface area (Å²) in [7, 11) is 1.41. The predicted molar refractivity (Wildman–Crippen MR) is 66.9 cm³/mol. The van der Waals surface area contributed by atoms with Crippen LogP contribution in [0.25, 0.3) is 0 Å². The molecule has 0 aromatic carbocycles. The third-order valence-electron chi connectivity index (χ3n) is 2.96. The Bertz CT molecular complexity index is 286. The summed E-state index contributed by atoms with van der Waals surface area (Å²) in [4.78, 5) is 22.6. The quantitative estimate of drug-likeness (QED) is 0.655. The number of esters is 2. The Morgan fingerprint density at radius 1 is 1.41 bits per heavy atom. The predicted octanol–water partition coefficient (Wildman–Crippen LogP) is 2.01. The minimum Gasteiger partial charge on any atom is -0.469 e. The van der Waals surface area contributed by atoms with Crippen LogP contribution in [-0.2, 0) is 19.1 Å². The van der Waals surface area contributed by atoms with Crippen molar-refractivity contribution in [3.8, 4) is 0 Å². The van der Waals surface area contributed by atoms with Gasteiger partial charge in [-0.2, -0.15) is 0 Å². The molecule has 1 fully saturated rings. The van der Waals surface area contributed by atoms with Crippen molar-refractivity contribution in [1.29, 1.82) is 0 Å².